The average molecular weight is 358 g/mol. The van der Waals surface area contributed by atoms with Crippen LogP contribution in [0.15, 0.2) is 30.3 Å². The lowest BCUT2D eigenvalue weighted by atomic mass is 9.74. The number of hydrogen-bond donors (Lipinski definition) is 2. The summed E-state index contributed by atoms with van der Waals surface area (Å²) in [6.07, 6.45) is 4.22. The number of nitrogens with zero attached hydrogens (tertiary/aromatic N) is 1. The molecule has 1 aliphatic heterocycles. The van der Waals surface area contributed by atoms with Crippen LogP contribution in [0.4, 0.5) is 0 Å². The molecule has 0 spiro atoms. The molecule has 1 heterocycles. The maximum absolute atomic E-state index is 12.5. The molecule has 6 heteroatoms. The summed E-state index contributed by atoms with van der Waals surface area (Å²) in [5.74, 6) is -1.47. The van der Waals surface area contributed by atoms with Crippen molar-refractivity contribution in [3.05, 3.63) is 35.9 Å². The van der Waals surface area contributed by atoms with Crippen molar-refractivity contribution in [3.8, 4) is 0 Å². The highest BCUT2D eigenvalue weighted by Gasteiger charge is 2.41. The number of carboxylic acids is 1. The molecule has 0 bridgehead atoms. The van der Waals surface area contributed by atoms with Crippen LogP contribution in [0.2, 0.25) is 0 Å². The van der Waals surface area contributed by atoms with E-state index < -0.39 is 17.3 Å². The molecule has 1 unspecified atom stereocenters. The molecular weight excluding hydrogens is 332 g/mol. The van der Waals surface area contributed by atoms with Gasteiger partial charge in [-0.25, -0.2) is 0 Å². The SMILES string of the molecule is O=C(NCC1(C(=O)O)CCCCC1)C1CC(=O)N(Cc2ccccc2)C1. The normalized spacial score (nSPS) is 22.2. The van der Waals surface area contributed by atoms with Crippen molar-refractivity contribution in [2.45, 2.75) is 45.1 Å². The van der Waals surface area contributed by atoms with Gasteiger partial charge in [0.2, 0.25) is 11.8 Å². The van der Waals surface area contributed by atoms with Crippen molar-refractivity contribution in [2.24, 2.45) is 11.3 Å². The second-order valence-corrected chi connectivity index (χ2v) is 7.52. The second-order valence-electron chi connectivity index (χ2n) is 7.52. The molecular formula is C20H26N2O4. The molecule has 2 aliphatic rings. The Morgan fingerprint density at radius 1 is 1.15 bits per heavy atom. The van der Waals surface area contributed by atoms with Gasteiger partial charge in [-0.15, -0.1) is 0 Å². The van der Waals surface area contributed by atoms with Crippen molar-refractivity contribution in [3.63, 3.8) is 0 Å². The van der Waals surface area contributed by atoms with Gasteiger partial charge in [-0.3, -0.25) is 14.4 Å². The van der Waals surface area contributed by atoms with Gasteiger partial charge in [0, 0.05) is 26.1 Å². The van der Waals surface area contributed by atoms with Crippen LogP contribution < -0.4 is 5.32 Å². The molecule has 6 nitrogen and oxygen atoms in total. The zero-order chi connectivity index (χ0) is 18.6. The minimum Gasteiger partial charge on any atom is -0.481 e. The number of rotatable bonds is 6. The monoisotopic (exact) mass is 358 g/mol. The first-order valence-corrected chi connectivity index (χ1v) is 9.33. The Balaban J connectivity index is 1.55. The maximum atomic E-state index is 12.5. The first-order valence-electron chi connectivity index (χ1n) is 9.33. The minimum atomic E-state index is -0.847. The van der Waals surface area contributed by atoms with Crippen LogP contribution in [-0.2, 0) is 20.9 Å². The number of benzene rings is 1. The second kappa shape index (κ2) is 7.89. The Labute approximate surface area is 153 Å². The number of aliphatic carboxylic acids is 1. The lowest BCUT2D eigenvalue weighted by molar-refractivity contribution is -0.151. The van der Waals surface area contributed by atoms with Crippen molar-refractivity contribution in [1.29, 1.82) is 0 Å². The third-order valence-electron chi connectivity index (χ3n) is 5.67. The van der Waals surface area contributed by atoms with E-state index in [-0.39, 0.29) is 24.8 Å². The van der Waals surface area contributed by atoms with Gasteiger partial charge in [-0.1, -0.05) is 49.6 Å². The molecule has 3 rings (SSSR count). The molecule has 1 saturated carbocycles. The third-order valence-corrected chi connectivity index (χ3v) is 5.67. The molecule has 0 radical (unpaired) electrons. The summed E-state index contributed by atoms with van der Waals surface area (Å²) in [7, 11) is 0. The summed E-state index contributed by atoms with van der Waals surface area (Å²) >= 11 is 0. The Morgan fingerprint density at radius 3 is 2.50 bits per heavy atom. The van der Waals surface area contributed by atoms with Crippen LogP contribution in [0.5, 0.6) is 0 Å². The fourth-order valence-corrected chi connectivity index (χ4v) is 4.00. The number of carbonyl (C=O) groups is 3. The summed E-state index contributed by atoms with van der Waals surface area (Å²) in [5.41, 5.74) is 0.189. The van der Waals surface area contributed by atoms with E-state index in [2.05, 4.69) is 5.32 Å². The van der Waals surface area contributed by atoms with Crippen molar-refractivity contribution < 1.29 is 19.5 Å². The molecule has 1 aliphatic carbocycles. The van der Waals surface area contributed by atoms with Crippen LogP contribution in [0.1, 0.15) is 44.1 Å². The Bertz CT molecular complexity index is 668. The van der Waals surface area contributed by atoms with E-state index in [0.717, 1.165) is 24.8 Å². The molecule has 1 saturated heterocycles. The summed E-state index contributed by atoms with van der Waals surface area (Å²) < 4.78 is 0. The highest BCUT2D eigenvalue weighted by atomic mass is 16.4. The van der Waals surface area contributed by atoms with Crippen molar-refractivity contribution in [1.82, 2.24) is 10.2 Å². The quantitative estimate of drug-likeness (QED) is 0.816. The molecule has 140 valence electrons. The molecule has 2 amide bonds. The number of hydrogen-bond acceptors (Lipinski definition) is 3. The summed E-state index contributed by atoms with van der Waals surface area (Å²) in [5, 5.41) is 12.4. The van der Waals surface area contributed by atoms with E-state index in [1.165, 1.54) is 0 Å². The fourth-order valence-electron chi connectivity index (χ4n) is 4.00. The average Bonchev–Trinajstić information content (AvgIpc) is 3.02. The van der Waals surface area contributed by atoms with Gasteiger partial charge in [0.05, 0.1) is 11.3 Å². The molecule has 2 fully saturated rings. The van der Waals surface area contributed by atoms with E-state index in [9.17, 15) is 19.5 Å². The van der Waals surface area contributed by atoms with Crippen LogP contribution in [0.3, 0.4) is 0 Å². The maximum Gasteiger partial charge on any atom is 0.311 e. The predicted molar refractivity (Wildman–Crippen MR) is 96.1 cm³/mol. The van der Waals surface area contributed by atoms with Crippen LogP contribution >= 0.6 is 0 Å². The van der Waals surface area contributed by atoms with E-state index >= 15 is 0 Å². The number of amides is 2. The molecule has 2 N–H and O–H groups in total. The molecule has 0 aromatic heterocycles. The van der Waals surface area contributed by atoms with Crippen LogP contribution in [0, 0.1) is 11.3 Å². The Morgan fingerprint density at radius 2 is 1.85 bits per heavy atom. The lowest BCUT2D eigenvalue weighted by Gasteiger charge is -2.33. The van der Waals surface area contributed by atoms with Crippen LogP contribution in [-0.4, -0.2) is 40.9 Å². The van der Waals surface area contributed by atoms with E-state index in [0.29, 0.717) is 25.9 Å². The summed E-state index contributed by atoms with van der Waals surface area (Å²) in [4.78, 5) is 38.1. The molecule has 1 atom stereocenters. The molecule has 1 aromatic carbocycles. The predicted octanol–water partition coefficient (Wildman–Crippen LogP) is 2.19. The first kappa shape index (κ1) is 18.4. The third kappa shape index (κ3) is 4.06. The topological polar surface area (TPSA) is 86.7 Å². The van der Waals surface area contributed by atoms with Gasteiger partial charge in [-0.2, -0.15) is 0 Å². The van der Waals surface area contributed by atoms with Crippen molar-refractivity contribution in [2.75, 3.05) is 13.1 Å². The van der Waals surface area contributed by atoms with Crippen molar-refractivity contribution >= 4 is 17.8 Å². The summed E-state index contributed by atoms with van der Waals surface area (Å²) in [6, 6.07) is 9.70. The smallest absolute Gasteiger partial charge is 0.311 e. The highest BCUT2D eigenvalue weighted by molar-refractivity contribution is 5.89. The number of likely N-dealkylation sites (tertiary alicyclic amines) is 1. The summed E-state index contributed by atoms with van der Waals surface area (Å²) in [6.45, 7) is 1.05. The number of carbonyl (C=O) groups excluding carboxylic acids is 2. The zero-order valence-electron chi connectivity index (χ0n) is 14.9. The molecule has 26 heavy (non-hydrogen) atoms. The Kier molecular flexibility index (Phi) is 5.59. The minimum absolute atomic E-state index is 0.0281. The molecule has 1 aromatic rings. The number of nitrogens with one attached hydrogen (secondary N) is 1. The van der Waals surface area contributed by atoms with E-state index in [1.807, 2.05) is 30.3 Å². The first-order chi connectivity index (χ1) is 12.5. The standard InChI is InChI=1S/C20H26N2O4/c23-17-11-16(13-22(17)12-15-7-3-1-4-8-15)18(24)21-14-20(19(25)26)9-5-2-6-10-20/h1,3-4,7-8,16H,2,5-6,9-14H2,(H,21,24)(H,25,26). The van der Waals surface area contributed by atoms with E-state index in [4.69, 9.17) is 0 Å². The fraction of sp³-hybridized carbons (Fsp3) is 0.550. The van der Waals surface area contributed by atoms with Gasteiger partial charge in [0.15, 0.2) is 0 Å². The van der Waals surface area contributed by atoms with Gasteiger partial charge in [0.1, 0.15) is 0 Å². The van der Waals surface area contributed by atoms with Gasteiger partial charge >= 0.3 is 5.97 Å². The lowest BCUT2D eigenvalue weighted by Crippen LogP contribution is -2.46. The zero-order valence-corrected chi connectivity index (χ0v) is 14.9. The number of carboxylic acid groups (broad SMARTS) is 1. The van der Waals surface area contributed by atoms with Gasteiger partial charge < -0.3 is 15.3 Å². The van der Waals surface area contributed by atoms with Gasteiger partial charge in [-0.05, 0) is 18.4 Å². The van der Waals surface area contributed by atoms with Crippen LogP contribution in [0.25, 0.3) is 0 Å². The van der Waals surface area contributed by atoms with Gasteiger partial charge in [0.25, 0.3) is 0 Å². The van der Waals surface area contributed by atoms with E-state index in [1.54, 1.807) is 4.90 Å². The Hall–Kier alpha value is -2.37. The highest BCUT2D eigenvalue weighted by Crippen LogP contribution is 2.36. The largest absolute Gasteiger partial charge is 0.481 e.